The number of epoxide rings is 1. The van der Waals surface area contributed by atoms with Crippen molar-refractivity contribution in [1.29, 1.82) is 0 Å². The van der Waals surface area contributed by atoms with Crippen LogP contribution in [-0.4, -0.2) is 12.2 Å². The predicted octanol–water partition coefficient (Wildman–Crippen LogP) is 4.09. The van der Waals surface area contributed by atoms with Crippen LogP contribution in [0, 0.1) is 6.92 Å². The number of hydrogen-bond donors (Lipinski definition) is 0. The number of benzene rings is 1. The number of hydrogen-bond acceptors (Lipinski definition) is 1. The van der Waals surface area contributed by atoms with Crippen LogP contribution >= 0.6 is 15.9 Å². The fraction of sp³-hybridized carbons (Fsp3) is 0.600. The number of halogens is 1. The minimum Gasteiger partial charge on any atom is -0.368 e. The summed E-state index contributed by atoms with van der Waals surface area (Å²) in [5.74, 6) is 0. The molecule has 0 aromatic heterocycles. The van der Waals surface area contributed by atoms with Crippen LogP contribution in [-0.2, 0) is 15.6 Å². The molecule has 2 atom stereocenters. The Bertz CT molecular complexity index is 457. The van der Waals surface area contributed by atoms with Crippen LogP contribution in [0.15, 0.2) is 16.6 Å². The lowest BCUT2D eigenvalue weighted by atomic mass is 9.63. The summed E-state index contributed by atoms with van der Waals surface area (Å²) in [6.07, 6.45) is 0.783. The van der Waals surface area contributed by atoms with E-state index in [4.69, 9.17) is 4.74 Å². The molecule has 2 unspecified atom stereocenters. The van der Waals surface area contributed by atoms with Crippen molar-refractivity contribution < 1.29 is 4.74 Å². The van der Waals surface area contributed by atoms with E-state index in [9.17, 15) is 0 Å². The number of rotatable bonds is 0. The third-order valence-corrected chi connectivity index (χ3v) is 5.46. The van der Waals surface area contributed by atoms with Gasteiger partial charge in [0.05, 0.1) is 12.2 Å². The zero-order valence-corrected chi connectivity index (χ0v) is 12.7. The Labute approximate surface area is 112 Å². The van der Waals surface area contributed by atoms with E-state index in [1.165, 1.54) is 21.2 Å². The van der Waals surface area contributed by atoms with E-state index in [-0.39, 0.29) is 10.8 Å². The van der Waals surface area contributed by atoms with Crippen molar-refractivity contribution in [1.82, 2.24) is 0 Å². The smallest absolute Gasteiger partial charge is 0.0942 e. The summed E-state index contributed by atoms with van der Waals surface area (Å²) in [6, 6.07) is 4.63. The first-order valence-electron chi connectivity index (χ1n) is 6.23. The summed E-state index contributed by atoms with van der Waals surface area (Å²) in [4.78, 5) is 0. The Morgan fingerprint density at radius 1 is 1.00 bits per heavy atom. The first-order chi connectivity index (χ1) is 7.76. The highest BCUT2D eigenvalue weighted by atomic mass is 79.9. The van der Waals surface area contributed by atoms with Crippen LogP contribution in [0.4, 0.5) is 0 Å². The van der Waals surface area contributed by atoms with Gasteiger partial charge in [0.15, 0.2) is 0 Å². The lowest BCUT2D eigenvalue weighted by molar-refractivity contribution is 0.296. The van der Waals surface area contributed by atoms with Gasteiger partial charge in [-0.2, -0.15) is 0 Å². The molecule has 0 saturated carbocycles. The Hall–Kier alpha value is -0.340. The van der Waals surface area contributed by atoms with Gasteiger partial charge in [-0.15, -0.1) is 0 Å². The van der Waals surface area contributed by atoms with Gasteiger partial charge >= 0.3 is 0 Å². The van der Waals surface area contributed by atoms with Crippen LogP contribution < -0.4 is 0 Å². The monoisotopic (exact) mass is 294 g/mol. The van der Waals surface area contributed by atoms with Gasteiger partial charge in [-0.1, -0.05) is 49.7 Å². The number of aryl methyl sites for hydroxylation is 1. The largest absolute Gasteiger partial charge is 0.368 e. The van der Waals surface area contributed by atoms with Crippen LogP contribution in [0.1, 0.15) is 44.4 Å². The molecule has 2 aliphatic rings. The fourth-order valence-corrected chi connectivity index (χ4v) is 3.61. The SMILES string of the molecule is Cc1cc2c(cc1Br)C(C)(C)C1OC1C2(C)C. The molecule has 1 fully saturated rings. The predicted molar refractivity (Wildman–Crippen MR) is 73.6 cm³/mol. The maximum atomic E-state index is 5.96. The second kappa shape index (κ2) is 3.16. The maximum Gasteiger partial charge on any atom is 0.0942 e. The summed E-state index contributed by atoms with van der Waals surface area (Å²) in [5, 5.41) is 0. The molecule has 1 aromatic rings. The molecule has 92 valence electrons. The molecule has 1 aliphatic heterocycles. The lowest BCUT2D eigenvalue weighted by Crippen LogP contribution is -2.41. The number of ether oxygens (including phenoxy) is 1. The highest BCUT2D eigenvalue weighted by Gasteiger charge is 2.62. The molecule has 2 heteroatoms. The number of fused-ring (bicyclic) bond motifs is 2. The lowest BCUT2D eigenvalue weighted by Gasteiger charge is -2.38. The molecular formula is C15H19BrO. The molecule has 1 heterocycles. The summed E-state index contributed by atoms with van der Waals surface area (Å²) >= 11 is 3.66. The van der Waals surface area contributed by atoms with Crippen LogP contribution in [0.3, 0.4) is 0 Å². The minimum atomic E-state index is 0.131. The Morgan fingerprint density at radius 3 is 2.00 bits per heavy atom. The van der Waals surface area contributed by atoms with Crippen molar-refractivity contribution in [3.05, 3.63) is 33.3 Å². The highest BCUT2D eigenvalue weighted by Crippen LogP contribution is 2.56. The summed E-state index contributed by atoms with van der Waals surface area (Å²) < 4.78 is 7.16. The van der Waals surface area contributed by atoms with Gasteiger partial charge < -0.3 is 4.74 Å². The van der Waals surface area contributed by atoms with Gasteiger partial charge in [-0.05, 0) is 29.7 Å². The van der Waals surface area contributed by atoms with Crippen LogP contribution in [0.2, 0.25) is 0 Å². The topological polar surface area (TPSA) is 12.5 Å². The first kappa shape index (κ1) is 11.7. The van der Waals surface area contributed by atoms with Crippen LogP contribution in [0.5, 0.6) is 0 Å². The molecule has 3 rings (SSSR count). The fourth-order valence-electron chi connectivity index (χ4n) is 3.26. The molecule has 0 bridgehead atoms. The third-order valence-electron chi connectivity index (χ3n) is 4.60. The highest BCUT2D eigenvalue weighted by molar-refractivity contribution is 9.10. The summed E-state index contributed by atoms with van der Waals surface area (Å²) in [6.45, 7) is 11.4. The van der Waals surface area contributed by atoms with Gasteiger partial charge in [-0.25, -0.2) is 0 Å². The van der Waals surface area contributed by atoms with Gasteiger partial charge in [-0.3, -0.25) is 0 Å². The molecule has 0 spiro atoms. The second-order valence-electron chi connectivity index (χ2n) is 6.57. The molecular weight excluding hydrogens is 276 g/mol. The van der Waals surface area contributed by atoms with E-state index in [1.54, 1.807) is 0 Å². The van der Waals surface area contributed by atoms with Gasteiger partial charge in [0.25, 0.3) is 0 Å². The van der Waals surface area contributed by atoms with Crippen molar-refractivity contribution in [2.75, 3.05) is 0 Å². The first-order valence-corrected chi connectivity index (χ1v) is 7.02. The summed E-state index contributed by atoms with van der Waals surface area (Å²) in [5.41, 5.74) is 4.49. The summed E-state index contributed by atoms with van der Waals surface area (Å²) in [7, 11) is 0. The standard InChI is InChI=1S/C15H19BrO/c1-8-6-9-10(7-11(8)16)15(4,5)13-12(17-13)14(9,2)3/h6-7,12-13H,1-5H3. The van der Waals surface area contributed by atoms with Gasteiger partial charge in [0.2, 0.25) is 0 Å². The van der Waals surface area contributed by atoms with Crippen molar-refractivity contribution in [2.45, 2.75) is 57.7 Å². The molecule has 0 amide bonds. The molecule has 1 aromatic carbocycles. The molecule has 1 nitrogen and oxygen atoms in total. The van der Waals surface area contributed by atoms with Crippen molar-refractivity contribution in [3.63, 3.8) is 0 Å². The van der Waals surface area contributed by atoms with Gasteiger partial charge in [0, 0.05) is 15.3 Å². The van der Waals surface area contributed by atoms with Crippen LogP contribution in [0.25, 0.3) is 0 Å². The molecule has 0 N–H and O–H groups in total. The average Bonchev–Trinajstić information content (AvgIpc) is 3.00. The van der Waals surface area contributed by atoms with E-state index in [0.29, 0.717) is 12.2 Å². The molecule has 17 heavy (non-hydrogen) atoms. The Morgan fingerprint density at radius 2 is 1.47 bits per heavy atom. The van der Waals surface area contributed by atoms with Crippen molar-refractivity contribution in [2.24, 2.45) is 0 Å². The van der Waals surface area contributed by atoms with Gasteiger partial charge in [0.1, 0.15) is 0 Å². The van der Waals surface area contributed by atoms with E-state index in [1.807, 2.05) is 0 Å². The molecule has 1 aliphatic carbocycles. The quantitative estimate of drug-likeness (QED) is 0.657. The van der Waals surface area contributed by atoms with Crippen molar-refractivity contribution >= 4 is 15.9 Å². The zero-order valence-electron chi connectivity index (χ0n) is 11.1. The van der Waals surface area contributed by atoms with Crippen molar-refractivity contribution in [3.8, 4) is 0 Å². The second-order valence-corrected chi connectivity index (χ2v) is 7.42. The normalized spacial score (nSPS) is 31.6. The Kier molecular flexibility index (Phi) is 2.18. The average molecular weight is 295 g/mol. The van der Waals surface area contributed by atoms with E-state index in [0.717, 1.165) is 0 Å². The Balaban J connectivity index is 2.29. The van der Waals surface area contributed by atoms with E-state index in [2.05, 4.69) is 62.7 Å². The molecule has 1 saturated heterocycles. The maximum absolute atomic E-state index is 5.96. The van der Waals surface area contributed by atoms with E-state index < -0.39 is 0 Å². The van der Waals surface area contributed by atoms with E-state index >= 15 is 0 Å². The third kappa shape index (κ3) is 1.40. The zero-order chi connectivity index (χ0) is 12.6. The molecule has 0 radical (unpaired) electrons. The minimum absolute atomic E-state index is 0.131.